The molecule has 3 rings (SSSR count). The zero-order valence-corrected chi connectivity index (χ0v) is 11.9. The minimum Gasteiger partial charge on any atom is -0.474 e. The predicted molar refractivity (Wildman–Crippen MR) is 74.0 cm³/mol. The van der Waals surface area contributed by atoms with Gasteiger partial charge in [0.2, 0.25) is 5.88 Å². The summed E-state index contributed by atoms with van der Waals surface area (Å²) < 4.78 is 6.18. The molecule has 3 unspecified atom stereocenters. The van der Waals surface area contributed by atoms with Crippen LogP contribution in [-0.2, 0) is 13.0 Å². The first-order valence-corrected chi connectivity index (χ1v) is 7.44. The Balaban J connectivity index is 1.73. The largest absolute Gasteiger partial charge is 0.474 e. The van der Waals surface area contributed by atoms with Crippen LogP contribution >= 0.6 is 0 Å². The zero-order chi connectivity index (χ0) is 13.2. The molecule has 2 heterocycles. The Morgan fingerprint density at radius 1 is 1.21 bits per heavy atom. The van der Waals surface area contributed by atoms with E-state index < -0.39 is 0 Å². The van der Waals surface area contributed by atoms with Crippen molar-refractivity contribution in [3.05, 3.63) is 17.6 Å². The SMILES string of the molecule is CC1CCC(Oc2ncnc3c2CNCC3)CC1C. The van der Waals surface area contributed by atoms with Crippen LogP contribution in [0.2, 0.25) is 0 Å². The van der Waals surface area contributed by atoms with Crippen molar-refractivity contribution in [2.75, 3.05) is 6.54 Å². The molecule has 0 amide bonds. The molecule has 1 saturated carbocycles. The first kappa shape index (κ1) is 12.9. The van der Waals surface area contributed by atoms with Crippen LogP contribution in [0.25, 0.3) is 0 Å². The molecule has 3 atom stereocenters. The minimum absolute atomic E-state index is 0.326. The summed E-state index contributed by atoms with van der Waals surface area (Å²) in [4.78, 5) is 8.73. The lowest BCUT2D eigenvalue weighted by molar-refractivity contribution is 0.0948. The number of fused-ring (bicyclic) bond motifs is 1. The molecule has 1 fully saturated rings. The summed E-state index contributed by atoms with van der Waals surface area (Å²) in [5, 5.41) is 3.37. The molecule has 2 aliphatic rings. The first-order valence-electron chi connectivity index (χ1n) is 7.44. The number of hydrogen-bond donors (Lipinski definition) is 1. The van der Waals surface area contributed by atoms with Gasteiger partial charge >= 0.3 is 0 Å². The molecule has 1 aliphatic heterocycles. The average Bonchev–Trinajstić information content (AvgIpc) is 2.43. The van der Waals surface area contributed by atoms with Gasteiger partial charge in [-0.3, -0.25) is 0 Å². The minimum atomic E-state index is 0.326. The summed E-state index contributed by atoms with van der Waals surface area (Å²) >= 11 is 0. The van der Waals surface area contributed by atoms with Crippen molar-refractivity contribution in [2.24, 2.45) is 11.8 Å². The summed E-state index contributed by atoms with van der Waals surface area (Å²) in [6.07, 6.45) is 6.51. The molecule has 0 aromatic carbocycles. The van der Waals surface area contributed by atoms with Gasteiger partial charge in [-0.1, -0.05) is 13.8 Å². The number of aromatic nitrogens is 2. The lowest BCUT2D eigenvalue weighted by Crippen LogP contribution is -2.31. The normalized spacial score (nSPS) is 30.7. The van der Waals surface area contributed by atoms with E-state index in [-0.39, 0.29) is 0 Å². The molecule has 1 aromatic heterocycles. The van der Waals surface area contributed by atoms with Crippen molar-refractivity contribution in [1.82, 2.24) is 15.3 Å². The predicted octanol–water partition coefficient (Wildman–Crippen LogP) is 2.33. The van der Waals surface area contributed by atoms with Crippen molar-refractivity contribution in [3.8, 4) is 5.88 Å². The van der Waals surface area contributed by atoms with Crippen LogP contribution in [0.3, 0.4) is 0 Å². The molecule has 1 aromatic rings. The Morgan fingerprint density at radius 2 is 2.11 bits per heavy atom. The van der Waals surface area contributed by atoms with Crippen molar-refractivity contribution in [2.45, 2.75) is 52.2 Å². The average molecular weight is 261 g/mol. The highest BCUT2D eigenvalue weighted by Crippen LogP contribution is 2.32. The quantitative estimate of drug-likeness (QED) is 0.887. The van der Waals surface area contributed by atoms with Gasteiger partial charge in [0, 0.05) is 25.1 Å². The lowest BCUT2D eigenvalue weighted by atomic mass is 9.80. The van der Waals surface area contributed by atoms with Gasteiger partial charge in [0.25, 0.3) is 0 Å². The maximum absolute atomic E-state index is 6.18. The number of hydrogen-bond acceptors (Lipinski definition) is 4. The second kappa shape index (κ2) is 5.45. The summed E-state index contributed by atoms with van der Waals surface area (Å²) in [5.41, 5.74) is 2.32. The second-order valence-electron chi connectivity index (χ2n) is 6.04. The first-order chi connectivity index (χ1) is 9.24. The van der Waals surface area contributed by atoms with E-state index in [4.69, 9.17) is 4.74 Å². The molecule has 4 heteroatoms. The third kappa shape index (κ3) is 2.73. The molecule has 19 heavy (non-hydrogen) atoms. The Hall–Kier alpha value is -1.16. The highest BCUT2D eigenvalue weighted by atomic mass is 16.5. The molecule has 1 aliphatic carbocycles. The van der Waals surface area contributed by atoms with Crippen LogP contribution in [0.5, 0.6) is 5.88 Å². The third-order valence-corrected chi connectivity index (χ3v) is 4.66. The van der Waals surface area contributed by atoms with Crippen molar-refractivity contribution in [1.29, 1.82) is 0 Å². The smallest absolute Gasteiger partial charge is 0.221 e. The molecular weight excluding hydrogens is 238 g/mol. The topological polar surface area (TPSA) is 47.0 Å². The fourth-order valence-corrected chi connectivity index (χ4v) is 3.11. The monoisotopic (exact) mass is 261 g/mol. The van der Waals surface area contributed by atoms with Crippen LogP contribution in [-0.4, -0.2) is 22.6 Å². The Bertz CT molecular complexity index is 449. The van der Waals surface area contributed by atoms with Crippen molar-refractivity contribution in [3.63, 3.8) is 0 Å². The van der Waals surface area contributed by atoms with Gasteiger partial charge in [0.05, 0.1) is 5.69 Å². The summed E-state index contributed by atoms with van der Waals surface area (Å²) in [6.45, 7) is 6.51. The Labute approximate surface area is 115 Å². The maximum Gasteiger partial charge on any atom is 0.221 e. The van der Waals surface area contributed by atoms with Crippen LogP contribution < -0.4 is 10.1 Å². The molecule has 104 valence electrons. The number of nitrogens with zero attached hydrogens (tertiary/aromatic N) is 2. The van der Waals surface area contributed by atoms with E-state index in [0.29, 0.717) is 6.10 Å². The van der Waals surface area contributed by atoms with Gasteiger partial charge < -0.3 is 10.1 Å². The summed E-state index contributed by atoms with van der Waals surface area (Å²) in [7, 11) is 0. The van der Waals surface area contributed by atoms with Crippen molar-refractivity contribution < 1.29 is 4.74 Å². The van der Waals surface area contributed by atoms with Crippen LogP contribution in [0.4, 0.5) is 0 Å². The molecule has 0 spiro atoms. The van der Waals surface area contributed by atoms with E-state index in [2.05, 4.69) is 29.1 Å². The molecule has 1 N–H and O–H groups in total. The third-order valence-electron chi connectivity index (χ3n) is 4.66. The second-order valence-corrected chi connectivity index (χ2v) is 6.04. The van der Waals surface area contributed by atoms with Gasteiger partial charge in [-0.15, -0.1) is 0 Å². The van der Waals surface area contributed by atoms with Gasteiger partial charge in [0.15, 0.2) is 0 Å². The van der Waals surface area contributed by atoms with Crippen LogP contribution in [0.1, 0.15) is 44.4 Å². The fraction of sp³-hybridized carbons (Fsp3) is 0.733. The van der Waals surface area contributed by atoms with E-state index in [9.17, 15) is 0 Å². The number of nitrogens with one attached hydrogen (secondary N) is 1. The Morgan fingerprint density at radius 3 is 2.95 bits per heavy atom. The van der Waals surface area contributed by atoms with E-state index in [1.165, 1.54) is 12.0 Å². The van der Waals surface area contributed by atoms with Crippen LogP contribution in [0.15, 0.2) is 6.33 Å². The summed E-state index contributed by atoms with van der Waals surface area (Å²) in [6, 6.07) is 0. The molecule has 4 nitrogen and oxygen atoms in total. The van der Waals surface area contributed by atoms with Gasteiger partial charge in [-0.2, -0.15) is 0 Å². The van der Waals surface area contributed by atoms with E-state index in [0.717, 1.165) is 55.8 Å². The van der Waals surface area contributed by atoms with E-state index >= 15 is 0 Å². The van der Waals surface area contributed by atoms with E-state index in [1.807, 2.05) is 0 Å². The van der Waals surface area contributed by atoms with Gasteiger partial charge in [0.1, 0.15) is 12.4 Å². The Kier molecular flexibility index (Phi) is 3.69. The van der Waals surface area contributed by atoms with Gasteiger partial charge in [-0.05, 0) is 31.1 Å². The molecule has 0 radical (unpaired) electrons. The standard InChI is InChI=1S/C15H23N3O/c1-10-3-4-12(7-11(10)2)19-15-13-8-16-6-5-14(13)17-9-18-15/h9-12,16H,3-8H2,1-2H3. The highest BCUT2D eigenvalue weighted by Gasteiger charge is 2.27. The number of rotatable bonds is 2. The van der Waals surface area contributed by atoms with E-state index in [1.54, 1.807) is 6.33 Å². The zero-order valence-electron chi connectivity index (χ0n) is 11.9. The summed E-state index contributed by atoms with van der Waals surface area (Å²) in [5.74, 6) is 2.37. The van der Waals surface area contributed by atoms with Gasteiger partial charge in [-0.25, -0.2) is 9.97 Å². The molecule has 0 saturated heterocycles. The lowest BCUT2D eigenvalue weighted by Gasteiger charge is -2.32. The van der Waals surface area contributed by atoms with Crippen molar-refractivity contribution >= 4 is 0 Å². The highest BCUT2D eigenvalue weighted by molar-refractivity contribution is 5.31. The molecule has 0 bridgehead atoms. The maximum atomic E-state index is 6.18. The fourth-order valence-electron chi connectivity index (χ4n) is 3.11. The van der Waals surface area contributed by atoms with Crippen LogP contribution in [0, 0.1) is 11.8 Å². The molecular formula is C15H23N3O. The number of ether oxygens (including phenoxy) is 1.